The van der Waals surface area contributed by atoms with Crippen molar-refractivity contribution < 1.29 is 23.8 Å². The molecule has 1 amide bonds. The number of carbonyl (C=O) groups is 2. The lowest BCUT2D eigenvalue weighted by atomic mass is 10.2. The average Bonchev–Trinajstić information content (AvgIpc) is 2.75. The first-order chi connectivity index (χ1) is 14.5. The minimum absolute atomic E-state index is 0.187. The number of carbonyl (C=O) groups excluding carboxylic acids is 2. The summed E-state index contributed by atoms with van der Waals surface area (Å²) >= 11 is 3.37. The van der Waals surface area contributed by atoms with Crippen molar-refractivity contribution in [1.29, 1.82) is 0 Å². The van der Waals surface area contributed by atoms with Gasteiger partial charge in [-0.05, 0) is 55.5 Å². The van der Waals surface area contributed by atoms with E-state index in [-0.39, 0.29) is 24.7 Å². The van der Waals surface area contributed by atoms with E-state index in [1.54, 1.807) is 61.7 Å². The fourth-order valence-corrected chi connectivity index (χ4v) is 2.73. The van der Waals surface area contributed by atoms with Crippen LogP contribution in [0.3, 0.4) is 0 Å². The Hall–Kier alpha value is -3.39. The summed E-state index contributed by atoms with van der Waals surface area (Å²) in [6, 6.07) is 17.2. The molecule has 30 heavy (non-hydrogen) atoms. The second kappa shape index (κ2) is 10.4. The molecule has 0 aliphatic rings. The van der Waals surface area contributed by atoms with E-state index in [0.29, 0.717) is 17.2 Å². The zero-order chi connectivity index (χ0) is 21.3. The van der Waals surface area contributed by atoms with Crippen LogP contribution >= 0.6 is 15.9 Å². The summed E-state index contributed by atoms with van der Waals surface area (Å²) in [4.78, 5) is 28.4. The van der Waals surface area contributed by atoms with Gasteiger partial charge < -0.3 is 19.5 Å². The van der Waals surface area contributed by atoms with Crippen molar-refractivity contribution >= 4 is 33.5 Å². The Bertz CT molecular complexity index is 1020. The molecule has 0 spiro atoms. The van der Waals surface area contributed by atoms with Crippen molar-refractivity contribution in [2.24, 2.45) is 0 Å². The second-order valence-corrected chi connectivity index (χ2v) is 6.90. The van der Waals surface area contributed by atoms with Crippen LogP contribution in [0.15, 0.2) is 71.3 Å². The Morgan fingerprint density at radius 3 is 2.60 bits per heavy atom. The number of amides is 1. The molecule has 154 valence electrons. The minimum atomic E-state index is -0.461. The zero-order valence-electron chi connectivity index (χ0n) is 16.1. The van der Waals surface area contributed by atoms with Crippen molar-refractivity contribution in [1.82, 2.24) is 4.98 Å². The number of ether oxygens (including phenoxy) is 3. The van der Waals surface area contributed by atoms with Crippen LogP contribution < -0.4 is 14.8 Å². The fourth-order valence-electron chi connectivity index (χ4n) is 2.47. The molecule has 1 N–H and O–H groups in total. The lowest BCUT2D eigenvalue weighted by Crippen LogP contribution is -2.15. The number of hydrogen-bond acceptors (Lipinski definition) is 6. The van der Waals surface area contributed by atoms with Gasteiger partial charge in [-0.15, -0.1) is 0 Å². The lowest BCUT2D eigenvalue weighted by molar-refractivity contribution is -0.145. The maximum atomic E-state index is 12.8. The van der Waals surface area contributed by atoms with E-state index < -0.39 is 11.9 Å². The van der Waals surface area contributed by atoms with Gasteiger partial charge in [0.15, 0.2) is 6.61 Å². The van der Waals surface area contributed by atoms with E-state index in [2.05, 4.69) is 26.2 Å². The number of esters is 1. The van der Waals surface area contributed by atoms with Crippen LogP contribution in [0.25, 0.3) is 0 Å². The number of benzene rings is 2. The second-order valence-electron chi connectivity index (χ2n) is 5.99. The third-order valence-electron chi connectivity index (χ3n) is 3.80. The van der Waals surface area contributed by atoms with Crippen molar-refractivity contribution in [3.8, 4) is 17.4 Å². The summed E-state index contributed by atoms with van der Waals surface area (Å²) in [6.45, 7) is 1.80. The summed E-state index contributed by atoms with van der Waals surface area (Å²) in [5.41, 5.74) is 0.776. The van der Waals surface area contributed by atoms with Crippen molar-refractivity contribution in [2.75, 3.05) is 18.5 Å². The number of rotatable bonds is 8. The van der Waals surface area contributed by atoms with Crippen molar-refractivity contribution in [3.63, 3.8) is 0 Å². The van der Waals surface area contributed by atoms with Crippen molar-refractivity contribution in [3.05, 3.63) is 76.9 Å². The molecular weight excluding hydrogens is 452 g/mol. The first-order valence-corrected chi connectivity index (χ1v) is 9.92. The van der Waals surface area contributed by atoms with Gasteiger partial charge in [-0.25, -0.2) is 9.78 Å². The molecule has 1 heterocycles. The highest BCUT2D eigenvalue weighted by molar-refractivity contribution is 9.10. The van der Waals surface area contributed by atoms with Gasteiger partial charge in [0.1, 0.15) is 17.1 Å². The molecule has 8 heteroatoms. The Morgan fingerprint density at radius 1 is 1.03 bits per heavy atom. The molecule has 0 aliphatic heterocycles. The number of nitrogens with one attached hydrogen (secondary N) is 1. The first-order valence-electron chi connectivity index (χ1n) is 9.13. The molecule has 3 rings (SSSR count). The van der Waals surface area contributed by atoms with Crippen LogP contribution in [0.4, 0.5) is 5.69 Å². The fraction of sp³-hybridized carbons (Fsp3) is 0.136. The Morgan fingerprint density at radius 2 is 1.83 bits per heavy atom. The summed E-state index contributed by atoms with van der Waals surface area (Å²) in [5, 5.41) is 2.78. The first kappa shape index (κ1) is 21.3. The molecule has 0 bridgehead atoms. The topological polar surface area (TPSA) is 86.8 Å². The monoisotopic (exact) mass is 470 g/mol. The van der Waals surface area contributed by atoms with Gasteiger partial charge in [0.2, 0.25) is 5.88 Å². The van der Waals surface area contributed by atoms with Gasteiger partial charge in [0.05, 0.1) is 6.61 Å². The average molecular weight is 471 g/mol. The number of anilines is 1. The molecule has 0 aliphatic carbocycles. The third kappa shape index (κ3) is 6.05. The van der Waals surface area contributed by atoms with E-state index in [9.17, 15) is 9.59 Å². The highest BCUT2D eigenvalue weighted by Gasteiger charge is 2.15. The predicted octanol–water partition coefficient (Wildman–Crippen LogP) is 4.83. The summed E-state index contributed by atoms with van der Waals surface area (Å²) < 4.78 is 16.9. The van der Waals surface area contributed by atoms with Gasteiger partial charge >= 0.3 is 5.97 Å². The smallest absolute Gasteiger partial charge is 0.344 e. The van der Waals surface area contributed by atoms with E-state index in [1.165, 1.54) is 0 Å². The third-order valence-corrected chi connectivity index (χ3v) is 4.33. The quantitative estimate of drug-likeness (QED) is 0.474. The maximum Gasteiger partial charge on any atom is 0.344 e. The molecule has 0 saturated carbocycles. The van der Waals surface area contributed by atoms with Gasteiger partial charge in [-0.3, -0.25) is 4.79 Å². The summed E-state index contributed by atoms with van der Waals surface area (Å²) in [5.74, 6) is 0.320. The highest BCUT2D eigenvalue weighted by Crippen LogP contribution is 2.25. The van der Waals surface area contributed by atoms with Crippen LogP contribution in [0.5, 0.6) is 17.4 Å². The van der Waals surface area contributed by atoms with Crippen LogP contribution in [-0.4, -0.2) is 30.1 Å². The Kier molecular flexibility index (Phi) is 7.40. The van der Waals surface area contributed by atoms with Crippen LogP contribution in [0.1, 0.15) is 17.3 Å². The van der Waals surface area contributed by atoms with E-state index >= 15 is 0 Å². The number of pyridine rings is 1. The van der Waals surface area contributed by atoms with Gasteiger partial charge in [-0.1, -0.05) is 22.0 Å². The number of hydrogen-bond donors (Lipinski definition) is 1. The number of aromatic nitrogens is 1. The van der Waals surface area contributed by atoms with Gasteiger partial charge in [0, 0.05) is 22.4 Å². The minimum Gasteiger partial charge on any atom is -0.482 e. The molecule has 1 aromatic heterocycles. The van der Waals surface area contributed by atoms with Crippen LogP contribution in [0.2, 0.25) is 0 Å². The summed E-state index contributed by atoms with van der Waals surface area (Å²) in [6.07, 6.45) is 1.55. The predicted molar refractivity (Wildman–Crippen MR) is 115 cm³/mol. The number of nitrogens with zero attached hydrogens (tertiary/aromatic N) is 1. The molecule has 7 nitrogen and oxygen atoms in total. The van der Waals surface area contributed by atoms with E-state index in [0.717, 1.165) is 4.47 Å². The zero-order valence-corrected chi connectivity index (χ0v) is 17.7. The lowest BCUT2D eigenvalue weighted by Gasteiger charge is -2.11. The molecule has 0 radical (unpaired) electrons. The summed E-state index contributed by atoms with van der Waals surface area (Å²) in [7, 11) is 0. The molecule has 0 fully saturated rings. The Labute approximate surface area is 182 Å². The standard InChI is InChI=1S/C22H19BrN2O5/c1-2-28-20(26)14-29-18-6-3-5-16(13-18)25-21(27)19-7-4-12-24-22(19)30-17-10-8-15(23)9-11-17/h3-13H,2,14H2,1H3,(H,25,27). The molecular formula is C22H19BrN2O5. The highest BCUT2D eigenvalue weighted by atomic mass is 79.9. The number of halogens is 1. The molecule has 0 unspecified atom stereocenters. The van der Waals surface area contributed by atoms with Crippen LogP contribution in [0, 0.1) is 0 Å². The van der Waals surface area contributed by atoms with Crippen molar-refractivity contribution in [2.45, 2.75) is 6.92 Å². The molecule has 0 saturated heterocycles. The molecule has 2 aromatic carbocycles. The largest absolute Gasteiger partial charge is 0.482 e. The normalized spacial score (nSPS) is 10.2. The SMILES string of the molecule is CCOC(=O)COc1cccc(NC(=O)c2cccnc2Oc2ccc(Br)cc2)c1. The van der Waals surface area contributed by atoms with Gasteiger partial charge in [-0.2, -0.15) is 0 Å². The van der Waals surface area contributed by atoms with E-state index in [4.69, 9.17) is 14.2 Å². The molecule has 0 atom stereocenters. The maximum absolute atomic E-state index is 12.8. The Balaban J connectivity index is 1.70. The van der Waals surface area contributed by atoms with Crippen LogP contribution in [-0.2, 0) is 9.53 Å². The van der Waals surface area contributed by atoms with E-state index in [1.807, 2.05) is 12.1 Å². The molecule has 3 aromatic rings. The van der Waals surface area contributed by atoms with Gasteiger partial charge in [0.25, 0.3) is 5.91 Å².